The highest BCUT2D eigenvalue weighted by molar-refractivity contribution is 14.0. The molecule has 0 amide bonds. The van der Waals surface area contributed by atoms with Crippen LogP contribution in [0.1, 0.15) is 39.5 Å². The van der Waals surface area contributed by atoms with Crippen molar-refractivity contribution in [2.45, 2.75) is 39.5 Å². The Labute approximate surface area is 183 Å². The standard InChI is InChI=1S/C18H37N5O2S.HI/c1-4-23(5-2)26(24,25)14-10-20-18(19-3)22-13-9-17(16-22)15-21-11-7-6-8-12-21;/h17H,4-16H2,1-3H3,(H,19,20);1H. The molecule has 1 atom stereocenters. The van der Waals surface area contributed by atoms with Crippen LogP contribution in [0.15, 0.2) is 4.99 Å². The summed E-state index contributed by atoms with van der Waals surface area (Å²) in [6.45, 7) is 10.9. The Morgan fingerprint density at radius 3 is 2.41 bits per heavy atom. The van der Waals surface area contributed by atoms with Gasteiger partial charge in [-0.25, -0.2) is 12.7 Å². The molecule has 27 heavy (non-hydrogen) atoms. The highest BCUT2D eigenvalue weighted by Crippen LogP contribution is 2.19. The summed E-state index contributed by atoms with van der Waals surface area (Å²) in [5.41, 5.74) is 0. The lowest BCUT2D eigenvalue weighted by molar-refractivity contribution is 0.198. The zero-order valence-corrected chi connectivity index (χ0v) is 20.3. The SMILES string of the molecule is CCN(CC)S(=O)(=O)CCNC(=NC)N1CCC(CN2CCCCC2)C1.I. The normalized spacial score (nSPS) is 22.1. The smallest absolute Gasteiger partial charge is 0.215 e. The van der Waals surface area contributed by atoms with Gasteiger partial charge in [-0.2, -0.15) is 0 Å². The lowest BCUT2D eigenvalue weighted by Crippen LogP contribution is -2.44. The minimum absolute atomic E-state index is 0. The molecule has 0 radical (unpaired) electrons. The van der Waals surface area contributed by atoms with Crippen LogP contribution in [0.2, 0.25) is 0 Å². The number of halogens is 1. The van der Waals surface area contributed by atoms with Gasteiger partial charge in [0.05, 0.1) is 5.75 Å². The van der Waals surface area contributed by atoms with Crippen LogP contribution in [-0.4, -0.2) is 93.6 Å². The monoisotopic (exact) mass is 515 g/mol. The van der Waals surface area contributed by atoms with Gasteiger partial charge in [0.15, 0.2) is 5.96 Å². The summed E-state index contributed by atoms with van der Waals surface area (Å²) in [5.74, 6) is 1.63. The lowest BCUT2D eigenvalue weighted by atomic mass is 10.1. The summed E-state index contributed by atoms with van der Waals surface area (Å²) in [5, 5.41) is 3.25. The van der Waals surface area contributed by atoms with Gasteiger partial charge in [-0.1, -0.05) is 20.3 Å². The first kappa shape index (κ1) is 24.9. The van der Waals surface area contributed by atoms with E-state index in [0.717, 1.165) is 19.0 Å². The van der Waals surface area contributed by atoms with Crippen LogP contribution in [-0.2, 0) is 10.0 Å². The molecule has 7 nitrogen and oxygen atoms in total. The molecule has 2 saturated heterocycles. The molecule has 0 aromatic carbocycles. The average molecular weight is 516 g/mol. The molecule has 160 valence electrons. The Balaban J connectivity index is 0.00000364. The van der Waals surface area contributed by atoms with E-state index in [4.69, 9.17) is 0 Å². The van der Waals surface area contributed by atoms with E-state index in [2.05, 4.69) is 20.1 Å². The molecule has 0 aromatic heterocycles. The number of nitrogens with one attached hydrogen (secondary N) is 1. The number of rotatable bonds is 8. The van der Waals surface area contributed by atoms with E-state index in [1.54, 1.807) is 7.05 Å². The molecule has 0 aromatic rings. The number of likely N-dealkylation sites (tertiary alicyclic amines) is 2. The summed E-state index contributed by atoms with van der Waals surface area (Å²) in [7, 11) is -1.41. The molecule has 2 fully saturated rings. The first-order valence-corrected chi connectivity index (χ1v) is 11.8. The largest absolute Gasteiger partial charge is 0.355 e. The Bertz CT molecular complexity index is 548. The van der Waals surface area contributed by atoms with Crippen molar-refractivity contribution in [3.05, 3.63) is 0 Å². The number of nitrogens with zero attached hydrogens (tertiary/aromatic N) is 4. The molecule has 0 saturated carbocycles. The van der Waals surface area contributed by atoms with E-state index < -0.39 is 10.0 Å². The number of hydrogen-bond acceptors (Lipinski definition) is 4. The van der Waals surface area contributed by atoms with Crippen LogP contribution in [0.5, 0.6) is 0 Å². The zero-order valence-electron chi connectivity index (χ0n) is 17.2. The average Bonchev–Trinajstić information content (AvgIpc) is 3.08. The minimum Gasteiger partial charge on any atom is -0.355 e. The molecule has 2 heterocycles. The summed E-state index contributed by atoms with van der Waals surface area (Å²) in [4.78, 5) is 9.24. The fourth-order valence-corrected chi connectivity index (χ4v) is 5.46. The van der Waals surface area contributed by atoms with Crippen molar-refractivity contribution >= 4 is 40.0 Å². The van der Waals surface area contributed by atoms with Crippen molar-refractivity contribution in [3.63, 3.8) is 0 Å². The molecule has 0 aliphatic carbocycles. The zero-order chi connectivity index (χ0) is 19.0. The second kappa shape index (κ2) is 12.4. The van der Waals surface area contributed by atoms with Crippen molar-refractivity contribution in [2.24, 2.45) is 10.9 Å². The second-order valence-corrected chi connectivity index (χ2v) is 9.42. The Morgan fingerprint density at radius 2 is 1.81 bits per heavy atom. The number of guanidine groups is 1. The first-order chi connectivity index (χ1) is 12.5. The molecule has 0 spiro atoms. The van der Waals surface area contributed by atoms with Gasteiger partial charge in [0, 0.05) is 46.3 Å². The second-order valence-electron chi connectivity index (χ2n) is 7.34. The van der Waals surface area contributed by atoms with Gasteiger partial charge in [-0.3, -0.25) is 4.99 Å². The van der Waals surface area contributed by atoms with Gasteiger partial charge in [0.2, 0.25) is 10.0 Å². The van der Waals surface area contributed by atoms with Crippen molar-refractivity contribution in [1.29, 1.82) is 0 Å². The third-order valence-electron chi connectivity index (χ3n) is 5.50. The minimum atomic E-state index is -3.19. The number of hydrogen-bond donors (Lipinski definition) is 1. The molecular weight excluding hydrogens is 477 g/mol. The van der Waals surface area contributed by atoms with E-state index in [1.165, 1.54) is 49.6 Å². The van der Waals surface area contributed by atoms with Gasteiger partial charge in [-0.05, 0) is 38.3 Å². The van der Waals surface area contributed by atoms with Crippen LogP contribution >= 0.6 is 24.0 Å². The van der Waals surface area contributed by atoms with Gasteiger partial charge in [0.25, 0.3) is 0 Å². The van der Waals surface area contributed by atoms with E-state index in [-0.39, 0.29) is 29.7 Å². The van der Waals surface area contributed by atoms with Crippen molar-refractivity contribution in [1.82, 2.24) is 19.4 Å². The Kier molecular flexibility index (Phi) is 11.5. The highest BCUT2D eigenvalue weighted by Gasteiger charge is 2.27. The molecule has 9 heteroatoms. The molecule has 2 aliphatic rings. The molecule has 2 aliphatic heterocycles. The summed E-state index contributed by atoms with van der Waals surface area (Å²) in [6.07, 6.45) is 5.23. The van der Waals surface area contributed by atoms with Crippen LogP contribution < -0.4 is 5.32 Å². The van der Waals surface area contributed by atoms with Crippen molar-refractivity contribution < 1.29 is 8.42 Å². The molecule has 0 bridgehead atoms. The molecule has 1 unspecified atom stereocenters. The molecular formula is C18H38IN5O2S. The highest BCUT2D eigenvalue weighted by atomic mass is 127. The topological polar surface area (TPSA) is 68.2 Å². The summed E-state index contributed by atoms with van der Waals surface area (Å²) < 4.78 is 26.1. The fraction of sp³-hybridized carbons (Fsp3) is 0.944. The summed E-state index contributed by atoms with van der Waals surface area (Å²) >= 11 is 0. The number of aliphatic imine (C=N–C) groups is 1. The van der Waals surface area contributed by atoms with Crippen molar-refractivity contribution in [3.8, 4) is 0 Å². The van der Waals surface area contributed by atoms with E-state index >= 15 is 0 Å². The maximum atomic E-state index is 12.3. The maximum Gasteiger partial charge on any atom is 0.215 e. The van der Waals surface area contributed by atoms with Gasteiger partial charge in [-0.15, -0.1) is 24.0 Å². The molecule has 2 rings (SSSR count). The molecule has 1 N–H and O–H groups in total. The van der Waals surface area contributed by atoms with Gasteiger partial charge in [0.1, 0.15) is 0 Å². The third-order valence-corrected chi connectivity index (χ3v) is 7.53. The van der Waals surface area contributed by atoms with Crippen molar-refractivity contribution in [2.75, 3.05) is 65.2 Å². The van der Waals surface area contributed by atoms with Gasteiger partial charge < -0.3 is 15.1 Å². The predicted octanol–water partition coefficient (Wildman–Crippen LogP) is 1.66. The summed E-state index contributed by atoms with van der Waals surface area (Å²) in [6, 6.07) is 0. The van der Waals surface area contributed by atoms with E-state index in [9.17, 15) is 8.42 Å². The first-order valence-electron chi connectivity index (χ1n) is 10.2. The van der Waals surface area contributed by atoms with Crippen LogP contribution in [0.3, 0.4) is 0 Å². The Morgan fingerprint density at radius 1 is 1.15 bits per heavy atom. The number of piperidine rings is 1. The van der Waals surface area contributed by atoms with E-state index in [1.807, 2.05) is 13.8 Å². The van der Waals surface area contributed by atoms with Crippen LogP contribution in [0.25, 0.3) is 0 Å². The predicted molar refractivity (Wildman–Crippen MR) is 123 cm³/mol. The fourth-order valence-electron chi connectivity index (χ4n) is 4.05. The quantitative estimate of drug-likeness (QED) is 0.303. The lowest BCUT2D eigenvalue weighted by Gasteiger charge is -2.29. The van der Waals surface area contributed by atoms with E-state index in [0.29, 0.717) is 25.6 Å². The maximum absolute atomic E-state index is 12.3. The van der Waals surface area contributed by atoms with Crippen LogP contribution in [0.4, 0.5) is 0 Å². The number of sulfonamides is 1. The van der Waals surface area contributed by atoms with Crippen LogP contribution in [0, 0.1) is 5.92 Å². The van der Waals surface area contributed by atoms with Gasteiger partial charge >= 0.3 is 0 Å². The Hall–Kier alpha value is -0.130. The third kappa shape index (κ3) is 7.66.